The molecule has 1 heterocycles. The Kier molecular flexibility index (Phi) is 6.92. The van der Waals surface area contributed by atoms with Crippen LogP contribution in [0.25, 0.3) is 22.6 Å². The summed E-state index contributed by atoms with van der Waals surface area (Å²) in [6, 6.07) is 17.7. The number of methoxy groups -OCH3 is 1. The van der Waals surface area contributed by atoms with Crippen molar-refractivity contribution in [2.45, 2.75) is 19.3 Å². The number of hydrogen-bond acceptors (Lipinski definition) is 5. The molecule has 0 saturated carbocycles. The van der Waals surface area contributed by atoms with E-state index in [2.05, 4.69) is 23.5 Å². The van der Waals surface area contributed by atoms with Gasteiger partial charge >= 0.3 is 5.97 Å². The molecule has 1 aliphatic rings. The first-order chi connectivity index (χ1) is 15.7. The second-order valence-corrected chi connectivity index (χ2v) is 7.68. The highest BCUT2D eigenvalue weighted by Gasteiger charge is 2.26. The molecule has 0 atom stereocenters. The molecule has 0 unspecified atom stereocenters. The van der Waals surface area contributed by atoms with Gasteiger partial charge in [0.2, 0.25) is 0 Å². The minimum absolute atomic E-state index is 0.333. The monoisotopic (exact) mass is 430 g/mol. The van der Waals surface area contributed by atoms with Crippen LogP contribution in [0.15, 0.2) is 54.6 Å². The number of amides is 1. The van der Waals surface area contributed by atoms with Gasteiger partial charge in [-0.05, 0) is 48.1 Å². The topological polar surface area (TPSA) is 77.5 Å². The van der Waals surface area contributed by atoms with E-state index < -0.39 is 5.97 Å². The number of aromatic nitrogens is 1. The van der Waals surface area contributed by atoms with E-state index in [1.165, 1.54) is 0 Å². The summed E-state index contributed by atoms with van der Waals surface area (Å²) in [4.78, 5) is 30.1. The molecule has 32 heavy (non-hydrogen) atoms. The number of carbonyl (C=O) groups excluding carboxylic acids is 2. The van der Waals surface area contributed by atoms with E-state index in [1.54, 1.807) is 7.11 Å². The van der Waals surface area contributed by atoms with Crippen LogP contribution in [-0.4, -0.2) is 43.7 Å². The minimum Gasteiger partial charge on any atom is -0.452 e. The Balaban J connectivity index is 1.69. The quantitative estimate of drug-likeness (QED) is 0.452. The molecular formula is C26H26N2O4. The Morgan fingerprint density at radius 2 is 1.84 bits per heavy atom. The molecule has 0 radical (unpaired) electrons. The maximum absolute atomic E-state index is 13.2. The van der Waals surface area contributed by atoms with Gasteiger partial charge < -0.3 is 14.8 Å². The Hall–Kier alpha value is -3.51. The van der Waals surface area contributed by atoms with Crippen molar-refractivity contribution in [2.75, 3.05) is 26.9 Å². The summed E-state index contributed by atoms with van der Waals surface area (Å²) in [5.74, 6) is -0.852. The second-order valence-electron chi connectivity index (χ2n) is 7.68. The highest BCUT2D eigenvalue weighted by Crippen LogP contribution is 2.36. The average Bonchev–Trinajstić information content (AvgIpc) is 2.82. The lowest BCUT2D eigenvalue weighted by Gasteiger charge is -2.22. The number of pyridine rings is 1. The summed E-state index contributed by atoms with van der Waals surface area (Å²) in [5.41, 5.74) is 5.19. The van der Waals surface area contributed by atoms with Gasteiger partial charge in [-0.3, -0.25) is 4.79 Å². The lowest BCUT2D eigenvalue weighted by molar-refractivity contribution is -0.124. The van der Waals surface area contributed by atoms with E-state index in [-0.39, 0.29) is 12.5 Å². The Morgan fingerprint density at radius 3 is 2.66 bits per heavy atom. The predicted octanol–water partition coefficient (Wildman–Crippen LogP) is 4.03. The SMILES string of the molecule is COCCNC(=O)COC(=O)c1c2c(nc3ccccc13)/C(=C/c1ccccc1)CCC2. The van der Waals surface area contributed by atoms with Crippen LogP contribution in [0.3, 0.4) is 0 Å². The van der Waals surface area contributed by atoms with Gasteiger partial charge in [-0.25, -0.2) is 9.78 Å². The third-order valence-electron chi connectivity index (χ3n) is 5.48. The highest BCUT2D eigenvalue weighted by molar-refractivity contribution is 6.07. The Morgan fingerprint density at radius 1 is 1.06 bits per heavy atom. The van der Waals surface area contributed by atoms with E-state index in [0.29, 0.717) is 18.7 Å². The first-order valence-corrected chi connectivity index (χ1v) is 10.8. The molecule has 164 valence electrons. The minimum atomic E-state index is -0.497. The van der Waals surface area contributed by atoms with Gasteiger partial charge in [0, 0.05) is 19.0 Å². The van der Waals surface area contributed by atoms with E-state index in [0.717, 1.165) is 52.6 Å². The maximum atomic E-state index is 13.2. The van der Waals surface area contributed by atoms with Gasteiger partial charge in [-0.1, -0.05) is 48.5 Å². The molecule has 0 saturated heterocycles. The normalized spacial score (nSPS) is 14.2. The molecule has 2 aromatic carbocycles. The van der Waals surface area contributed by atoms with Crippen LogP contribution >= 0.6 is 0 Å². The highest BCUT2D eigenvalue weighted by atomic mass is 16.5. The number of carbonyl (C=O) groups is 2. The van der Waals surface area contributed by atoms with Crippen molar-refractivity contribution in [3.8, 4) is 0 Å². The van der Waals surface area contributed by atoms with Crippen molar-refractivity contribution >= 4 is 34.4 Å². The molecule has 1 amide bonds. The second kappa shape index (κ2) is 10.2. The van der Waals surface area contributed by atoms with Crippen LogP contribution in [0.2, 0.25) is 0 Å². The van der Waals surface area contributed by atoms with Gasteiger partial charge in [0.05, 0.1) is 23.4 Å². The van der Waals surface area contributed by atoms with Crippen molar-refractivity contribution in [3.63, 3.8) is 0 Å². The van der Waals surface area contributed by atoms with Gasteiger partial charge in [0.15, 0.2) is 6.61 Å². The fraction of sp³-hybridized carbons (Fsp3) is 0.269. The van der Waals surface area contributed by atoms with E-state index in [1.807, 2.05) is 42.5 Å². The molecule has 0 bridgehead atoms. The van der Waals surface area contributed by atoms with Crippen molar-refractivity contribution in [1.29, 1.82) is 0 Å². The summed E-state index contributed by atoms with van der Waals surface area (Å²) in [5, 5.41) is 3.41. The third-order valence-corrected chi connectivity index (χ3v) is 5.48. The molecule has 6 heteroatoms. The fourth-order valence-corrected chi connectivity index (χ4v) is 4.01. The van der Waals surface area contributed by atoms with Crippen LogP contribution in [0.5, 0.6) is 0 Å². The zero-order valence-electron chi connectivity index (χ0n) is 18.1. The van der Waals surface area contributed by atoms with Crippen LogP contribution in [0.1, 0.15) is 40.0 Å². The van der Waals surface area contributed by atoms with Crippen molar-refractivity contribution in [1.82, 2.24) is 10.3 Å². The Bertz CT molecular complexity index is 1160. The summed E-state index contributed by atoms with van der Waals surface area (Å²) < 4.78 is 10.3. The van der Waals surface area contributed by atoms with Gasteiger partial charge in [-0.2, -0.15) is 0 Å². The largest absolute Gasteiger partial charge is 0.452 e. The summed E-state index contributed by atoms with van der Waals surface area (Å²) in [7, 11) is 1.56. The standard InChI is InChI=1S/C26H26N2O4/c1-31-15-14-27-23(29)17-32-26(30)24-20-11-5-6-13-22(20)28-25-19(10-7-12-21(24)25)16-18-8-3-2-4-9-18/h2-6,8-9,11,13,16H,7,10,12,14-15,17H2,1H3,(H,27,29)/b19-16+. The van der Waals surface area contributed by atoms with E-state index in [9.17, 15) is 9.59 Å². The fourth-order valence-electron chi connectivity index (χ4n) is 4.01. The van der Waals surface area contributed by atoms with Crippen LogP contribution in [-0.2, 0) is 20.7 Å². The molecule has 0 fully saturated rings. The molecule has 1 aromatic heterocycles. The van der Waals surface area contributed by atoms with Crippen LogP contribution in [0, 0.1) is 0 Å². The summed E-state index contributed by atoms with van der Waals surface area (Å²) >= 11 is 0. The molecule has 1 N–H and O–H groups in total. The molecule has 1 aliphatic carbocycles. The van der Waals surface area contributed by atoms with Crippen molar-refractivity contribution in [2.24, 2.45) is 0 Å². The first kappa shape index (κ1) is 21.7. The number of allylic oxidation sites excluding steroid dienone is 1. The number of esters is 1. The van der Waals surface area contributed by atoms with Crippen LogP contribution < -0.4 is 5.32 Å². The zero-order valence-corrected chi connectivity index (χ0v) is 18.1. The molecule has 0 spiro atoms. The maximum Gasteiger partial charge on any atom is 0.339 e. The number of nitrogens with zero attached hydrogens (tertiary/aromatic N) is 1. The van der Waals surface area contributed by atoms with Crippen molar-refractivity contribution < 1.29 is 19.1 Å². The predicted molar refractivity (Wildman–Crippen MR) is 124 cm³/mol. The molecular weight excluding hydrogens is 404 g/mol. The number of para-hydroxylation sites is 1. The van der Waals surface area contributed by atoms with Gasteiger partial charge in [0.1, 0.15) is 0 Å². The number of benzene rings is 2. The number of hydrogen-bond donors (Lipinski definition) is 1. The average molecular weight is 431 g/mol. The number of ether oxygens (including phenoxy) is 2. The zero-order chi connectivity index (χ0) is 22.3. The van der Waals surface area contributed by atoms with Gasteiger partial charge in [-0.15, -0.1) is 0 Å². The molecule has 0 aliphatic heterocycles. The lowest BCUT2D eigenvalue weighted by atomic mass is 9.86. The van der Waals surface area contributed by atoms with Crippen LogP contribution in [0.4, 0.5) is 0 Å². The number of fused-ring (bicyclic) bond motifs is 2. The lowest BCUT2D eigenvalue weighted by Crippen LogP contribution is -2.31. The Labute approximate surface area is 187 Å². The third kappa shape index (κ3) is 4.86. The summed E-state index contributed by atoms with van der Waals surface area (Å²) in [6.07, 6.45) is 4.69. The molecule has 3 aromatic rings. The van der Waals surface area contributed by atoms with Gasteiger partial charge in [0.25, 0.3) is 5.91 Å². The number of nitrogens with one attached hydrogen (secondary N) is 1. The molecule has 4 rings (SSSR count). The summed E-state index contributed by atoms with van der Waals surface area (Å²) in [6.45, 7) is 0.438. The van der Waals surface area contributed by atoms with E-state index in [4.69, 9.17) is 14.5 Å². The smallest absolute Gasteiger partial charge is 0.339 e. The van der Waals surface area contributed by atoms with Crippen molar-refractivity contribution in [3.05, 3.63) is 77.0 Å². The van der Waals surface area contributed by atoms with E-state index >= 15 is 0 Å². The first-order valence-electron chi connectivity index (χ1n) is 10.8. The number of rotatable bonds is 7. The molecule has 6 nitrogen and oxygen atoms in total.